The van der Waals surface area contributed by atoms with Crippen molar-refractivity contribution in [3.63, 3.8) is 0 Å². The molecule has 2 fully saturated rings. The zero-order valence-corrected chi connectivity index (χ0v) is 25.3. The Labute approximate surface area is 243 Å². The highest BCUT2D eigenvalue weighted by Crippen LogP contribution is 2.51. The van der Waals surface area contributed by atoms with Gasteiger partial charge in [-0.25, -0.2) is 0 Å². The molecule has 0 N–H and O–H groups in total. The number of allylic oxidation sites excluding steroid dienone is 2. The Bertz CT molecular complexity index is 1300. The topological polar surface area (TPSA) is 6.48 Å². The first kappa shape index (κ1) is 28.3. The molecule has 5 rings (SSSR count). The largest absolute Gasteiger partial charge is 0.378 e. The minimum Gasteiger partial charge on any atom is -0.378 e. The molecule has 2 aliphatic carbocycles. The summed E-state index contributed by atoms with van der Waals surface area (Å²) in [6.45, 7) is 14.6. The van der Waals surface area contributed by atoms with E-state index in [1.165, 1.54) is 89.8 Å². The van der Waals surface area contributed by atoms with Crippen LogP contribution in [0.3, 0.4) is 0 Å². The van der Waals surface area contributed by atoms with Crippen LogP contribution in [0.25, 0.3) is 11.1 Å². The second-order valence-electron chi connectivity index (χ2n) is 12.8. The molecule has 0 saturated heterocycles. The van der Waals surface area contributed by atoms with Gasteiger partial charge in [-0.05, 0) is 95.9 Å². The highest BCUT2D eigenvalue weighted by molar-refractivity contribution is 5.66. The molecule has 0 bridgehead atoms. The van der Waals surface area contributed by atoms with Crippen molar-refractivity contribution in [2.75, 3.05) is 23.9 Å². The Morgan fingerprint density at radius 1 is 0.800 bits per heavy atom. The first-order valence-electron chi connectivity index (χ1n) is 15.4. The molecule has 210 valence electrons. The van der Waals surface area contributed by atoms with Gasteiger partial charge in [0.1, 0.15) is 0 Å². The smallest absolute Gasteiger partial charge is 0.0478 e. The maximum Gasteiger partial charge on any atom is 0.0478 e. The average Bonchev–Trinajstić information content (AvgIpc) is 2.98. The van der Waals surface area contributed by atoms with Crippen LogP contribution in [0.5, 0.6) is 0 Å². The van der Waals surface area contributed by atoms with Gasteiger partial charge in [0.15, 0.2) is 0 Å². The summed E-state index contributed by atoms with van der Waals surface area (Å²) >= 11 is 0. The van der Waals surface area contributed by atoms with Gasteiger partial charge in [0.25, 0.3) is 0 Å². The normalized spacial score (nSPS) is 20.9. The molecular weight excluding hydrogens is 484 g/mol. The molecule has 2 aliphatic rings. The molecular formula is C38H48N2. The average molecular weight is 533 g/mol. The fourth-order valence-electron chi connectivity index (χ4n) is 6.84. The van der Waals surface area contributed by atoms with Gasteiger partial charge < -0.3 is 9.80 Å². The second kappa shape index (κ2) is 12.1. The fraction of sp³-hybridized carbons (Fsp3) is 0.421. The third-order valence-electron chi connectivity index (χ3n) is 9.71. The van der Waals surface area contributed by atoms with E-state index in [1.807, 2.05) is 0 Å². The van der Waals surface area contributed by atoms with E-state index >= 15 is 0 Å². The van der Waals surface area contributed by atoms with Crippen molar-refractivity contribution in [2.45, 2.75) is 77.2 Å². The van der Waals surface area contributed by atoms with Crippen molar-refractivity contribution in [2.24, 2.45) is 11.8 Å². The zero-order valence-electron chi connectivity index (χ0n) is 25.3. The maximum absolute atomic E-state index is 4.72. The third kappa shape index (κ3) is 6.07. The maximum atomic E-state index is 4.72. The molecule has 0 amide bonds. The third-order valence-corrected chi connectivity index (χ3v) is 9.71. The van der Waals surface area contributed by atoms with E-state index in [1.54, 1.807) is 0 Å². The summed E-state index contributed by atoms with van der Waals surface area (Å²) in [4.78, 5) is 4.66. The van der Waals surface area contributed by atoms with Crippen molar-refractivity contribution in [3.05, 3.63) is 108 Å². The van der Waals surface area contributed by atoms with E-state index in [9.17, 15) is 0 Å². The summed E-state index contributed by atoms with van der Waals surface area (Å²) in [5.41, 5.74) is 10.8. The van der Waals surface area contributed by atoms with E-state index < -0.39 is 0 Å². The molecule has 3 aromatic rings. The lowest BCUT2D eigenvalue weighted by Gasteiger charge is -2.47. The minimum absolute atomic E-state index is 0.237. The summed E-state index contributed by atoms with van der Waals surface area (Å²) in [7, 11) is 4.16. The highest BCUT2D eigenvalue weighted by Gasteiger charge is 2.42. The molecule has 2 heteroatoms. The molecule has 0 unspecified atom stereocenters. The van der Waals surface area contributed by atoms with Gasteiger partial charge in [-0.3, -0.25) is 0 Å². The molecule has 40 heavy (non-hydrogen) atoms. The second-order valence-corrected chi connectivity index (χ2v) is 12.8. The molecule has 2 saturated carbocycles. The summed E-state index contributed by atoms with van der Waals surface area (Å²) in [6, 6.07) is 27.3. The lowest BCUT2D eigenvalue weighted by atomic mass is 9.58. The number of rotatable bonds is 10. The molecule has 0 heterocycles. The Balaban J connectivity index is 1.39. The number of benzene rings is 3. The Hall–Kier alpha value is -3.26. The highest BCUT2D eigenvalue weighted by atomic mass is 15.1. The first-order chi connectivity index (χ1) is 19.3. The molecule has 0 radical (unpaired) electrons. The van der Waals surface area contributed by atoms with Crippen LogP contribution < -0.4 is 9.80 Å². The first-order valence-corrected chi connectivity index (χ1v) is 15.4. The molecule has 3 aromatic carbocycles. The van der Waals surface area contributed by atoms with Gasteiger partial charge in [-0.15, -0.1) is 0 Å². The van der Waals surface area contributed by atoms with Crippen LogP contribution in [0.4, 0.5) is 11.4 Å². The van der Waals surface area contributed by atoms with Gasteiger partial charge in [-0.2, -0.15) is 0 Å². The van der Waals surface area contributed by atoms with Gasteiger partial charge in [0.2, 0.25) is 0 Å². The minimum atomic E-state index is 0.237. The van der Waals surface area contributed by atoms with Crippen molar-refractivity contribution >= 4 is 11.4 Å². The molecule has 2 nitrogen and oxygen atoms in total. The van der Waals surface area contributed by atoms with E-state index in [2.05, 4.69) is 117 Å². The number of nitrogens with zero attached hydrogens (tertiary/aromatic N) is 2. The molecule has 0 aromatic heterocycles. The Morgan fingerprint density at radius 2 is 1.43 bits per heavy atom. The number of hydrogen-bond donors (Lipinski definition) is 0. The lowest BCUT2D eigenvalue weighted by molar-refractivity contribution is 0.189. The van der Waals surface area contributed by atoms with E-state index in [0.29, 0.717) is 11.8 Å². The Morgan fingerprint density at radius 3 is 2.02 bits per heavy atom. The van der Waals surface area contributed by atoms with E-state index in [-0.39, 0.29) is 5.41 Å². The zero-order chi connectivity index (χ0) is 28.3. The summed E-state index contributed by atoms with van der Waals surface area (Å²) < 4.78 is 0. The Kier molecular flexibility index (Phi) is 8.54. The van der Waals surface area contributed by atoms with Crippen LogP contribution in [0.2, 0.25) is 0 Å². The monoisotopic (exact) mass is 532 g/mol. The quantitative estimate of drug-likeness (QED) is 0.240. The van der Waals surface area contributed by atoms with Gasteiger partial charge >= 0.3 is 0 Å². The van der Waals surface area contributed by atoms with E-state index in [0.717, 1.165) is 13.0 Å². The standard InChI is InChI=1S/C38H48N2/c1-7-28(2)34-25-38(4,26-34)35-14-11-15-37(24-35)40(29(3)31-12-9-8-10-13-31)27-30-16-18-32(19-17-30)33-20-22-36(23-21-33)39(5)6/h11,14-24,31,34H,2-3,7-10,12-13,25-27H2,1,4-6H3. The van der Waals surface area contributed by atoms with Crippen LogP contribution in [0, 0.1) is 11.8 Å². The lowest BCUT2D eigenvalue weighted by Crippen LogP contribution is -2.39. The SMILES string of the molecule is C=C(CC)C1CC(C)(c2cccc(N(Cc3ccc(-c4ccc(N(C)C)cc4)cc3)C(=C)C3CCCCC3)c2)C1. The summed E-state index contributed by atoms with van der Waals surface area (Å²) in [6.07, 6.45) is 10.0. The van der Waals surface area contributed by atoms with Crippen LogP contribution in [-0.2, 0) is 12.0 Å². The van der Waals surface area contributed by atoms with E-state index in [4.69, 9.17) is 6.58 Å². The van der Waals surface area contributed by atoms with Crippen LogP contribution in [-0.4, -0.2) is 14.1 Å². The van der Waals surface area contributed by atoms with Gasteiger partial charge in [0.05, 0.1) is 0 Å². The van der Waals surface area contributed by atoms with Crippen molar-refractivity contribution in [1.29, 1.82) is 0 Å². The predicted octanol–water partition coefficient (Wildman–Crippen LogP) is 10.2. The van der Waals surface area contributed by atoms with Crippen LogP contribution in [0.1, 0.15) is 76.3 Å². The van der Waals surface area contributed by atoms with Gasteiger partial charge in [0, 0.05) is 37.7 Å². The van der Waals surface area contributed by atoms with Crippen LogP contribution in [0.15, 0.2) is 97.2 Å². The van der Waals surface area contributed by atoms with Crippen molar-refractivity contribution < 1.29 is 0 Å². The molecule has 0 atom stereocenters. The number of hydrogen-bond acceptors (Lipinski definition) is 2. The fourth-order valence-corrected chi connectivity index (χ4v) is 6.84. The number of anilines is 2. The summed E-state index contributed by atoms with van der Waals surface area (Å²) in [5.74, 6) is 1.24. The van der Waals surface area contributed by atoms with Crippen molar-refractivity contribution in [1.82, 2.24) is 0 Å². The van der Waals surface area contributed by atoms with Crippen molar-refractivity contribution in [3.8, 4) is 11.1 Å². The molecule has 0 aliphatic heterocycles. The molecule has 0 spiro atoms. The van der Waals surface area contributed by atoms with Crippen LogP contribution >= 0.6 is 0 Å². The summed E-state index contributed by atoms with van der Waals surface area (Å²) in [5, 5.41) is 0. The van der Waals surface area contributed by atoms with Gasteiger partial charge in [-0.1, -0.05) is 100 Å². The predicted molar refractivity (Wildman–Crippen MR) is 174 cm³/mol.